The molecule has 1 aliphatic carbocycles. The number of hydrogen-bond acceptors (Lipinski definition) is 4. The molecule has 0 saturated heterocycles. The Labute approximate surface area is 138 Å². The van der Waals surface area contributed by atoms with Crippen LogP contribution in [0, 0.1) is 5.92 Å². The topological polar surface area (TPSA) is 55.4 Å². The van der Waals surface area contributed by atoms with E-state index in [0.717, 1.165) is 6.42 Å². The van der Waals surface area contributed by atoms with Crippen LogP contribution in [0.3, 0.4) is 0 Å². The molecule has 3 atom stereocenters. The molecule has 2 unspecified atom stereocenters. The van der Waals surface area contributed by atoms with Crippen molar-refractivity contribution in [2.75, 3.05) is 12.4 Å². The maximum absolute atomic E-state index is 11.9. The SMILES string of the molecule is CCOC(=O)[C@H](CSC1CC(=C(C)C)CCC1C)NC(C)=O. The average molecular weight is 327 g/mol. The largest absolute Gasteiger partial charge is 0.464 e. The van der Waals surface area contributed by atoms with Crippen LogP contribution < -0.4 is 5.32 Å². The first-order valence-corrected chi connectivity index (χ1v) is 9.10. The van der Waals surface area contributed by atoms with Crippen molar-refractivity contribution in [3.05, 3.63) is 11.1 Å². The fourth-order valence-corrected chi connectivity index (χ4v) is 4.13. The van der Waals surface area contributed by atoms with Crippen molar-refractivity contribution in [1.82, 2.24) is 5.32 Å². The van der Waals surface area contributed by atoms with Crippen LogP contribution in [0.15, 0.2) is 11.1 Å². The first kappa shape index (κ1) is 19.1. The van der Waals surface area contributed by atoms with Gasteiger partial charge in [-0.2, -0.15) is 11.8 Å². The summed E-state index contributed by atoms with van der Waals surface area (Å²) in [6.07, 6.45) is 3.47. The van der Waals surface area contributed by atoms with Gasteiger partial charge in [-0.3, -0.25) is 4.79 Å². The molecule has 0 radical (unpaired) electrons. The second kappa shape index (κ2) is 9.23. The van der Waals surface area contributed by atoms with E-state index in [1.807, 2.05) is 0 Å². The number of ether oxygens (including phenoxy) is 1. The van der Waals surface area contributed by atoms with Gasteiger partial charge in [0.25, 0.3) is 0 Å². The summed E-state index contributed by atoms with van der Waals surface area (Å²) in [5, 5.41) is 3.21. The molecule has 126 valence electrons. The standard InChI is InChI=1S/C17H29NO3S/c1-6-21-17(20)15(18-13(5)19)10-22-16-9-14(11(2)3)8-7-12(16)4/h12,15-16H,6-10H2,1-5H3,(H,18,19)/t12?,15-,16?/m0/s1. The molecule has 1 rings (SSSR count). The Hall–Kier alpha value is -0.970. The number of carbonyl (C=O) groups is 2. The molecule has 5 heteroatoms. The lowest BCUT2D eigenvalue weighted by Crippen LogP contribution is -2.43. The van der Waals surface area contributed by atoms with Gasteiger partial charge in [0.1, 0.15) is 6.04 Å². The van der Waals surface area contributed by atoms with Crippen molar-refractivity contribution in [1.29, 1.82) is 0 Å². The van der Waals surface area contributed by atoms with Crippen molar-refractivity contribution in [3.63, 3.8) is 0 Å². The number of carbonyl (C=O) groups excluding carboxylic acids is 2. The predicted octanol–water partition coefficient (Wildman–Crippen LogP) is 3.31. The summed E-state index contributed by atoms with van der Waals surface area (Å²) in [5.41, 5.74) is 2.96. The lowest BCUT2D eigenvalue weighted by molar-refractivity contribution is -0.146. The maximum atomic E-state index is 11.9. The van der Waals surface area contributed by atoms with Gasteiger partial charge in [-0.1, -0.05) is 18.1 Å². The number of esters is 1. The summed E-state index contributed by atoms with van der Waals surface area (Å²) in [5.74, 6) is 0.674. The van der Waals surface area contributed by atoms with E-state index in [2.05, 4.69) is 26.1 Å². The maximum Gasteiger partial charge on any atom is 0.329 e. The molecule has 1 aliphatic rings. The molecule has 0 aliphatic heterocycles. The number of thioether (sulfide) groups is 1. The van der Waals surface area contributed by atoms with Crippen LogP contribution in [-0.2, 0) is 14.3 Å². The fraction of sp³-hybridized carbons (Fsp3) is 0.765. The fourth-order valence-electron chi connectivity index (χ4n) is 2.69. The van der Waals surface area contributed by atoms with E-state index < -0.39 is 6.04 Å². The van der Waals surface area contributed by atoms with Crippen molar-refractivity contribution in [2.45, 2.75) is 65.2 Å². The predicted molar refractivity (Wildman–Crippen MR) is 91.9 cm³/mol. The smallest absolute Gasteiger partial charge is 0.329 e. The van der Waals surface area contributed by atoms with E-state index in [1.165, 1.54) is 25.3 Å². The highest BCUT2D eigenvalue weighted by molar-refractivity contribution is 8.00. The molecule has 1 saturated carbocycles. The van der Waals surface area contributed by atoms with E-state index in [4.69, 9.17) is 4.74 Å². The van der Waals surface area contributed by atoms with E-state index in [1.54, 1.807) is 24.3 Å². The molecule has 0 heterocycles. The van der Waals surface area contributed by atoms with E-state index in [-0.39, 0.29) is 11.9 Å². The lowest BCUT2D eigenvalue weighted by atomic mass is 9.85. The highest BCUT2D eigenvalue weighted by Crippen LogP contribution is 2.37. The zero-order valence-electron chi connectivity index (χ0n) is 14.4. The molecule has 0 spiro atoms. The lowest BCUT2D eigenvalue weighted by Gasteiger charge is -2.32. The van der Waals surface area contributed by atoms with Crippen LogP contribution in [0.1, 0.15) is 53.9 Å². The minimum absolute atomic E-state index is 0.194. The normalized spacial score (nSPS) is 22.9. The van der Waals surface area contributed by atoms with Crippen molar-refractivity contribution in [2.24, 2.45) is 5.92 Å². The third kappa shape index (κ3) is 6.03. The molecule has 0 aromatic rings. The van der Waals surface area contributed by atoms with Crippen LogP contribution in [0.25, 0.3) is 0 Å². The Kier molecular flexibility index (Phi) is 8.01. The number of hydrogen-bond donors (Lipinski definition) is 1. The van der Waals surface area contributed by atoms with Gasteiger partial charge in [0.15, 0.2) is 0 Å². The Morgan fingerprint density at radius 1 is 1.36 bits per heavy atom. The van der Waals surface area contributed by atoms with Crippen LogP contribution in [0.2, 0.25) is 0 Å². The summed E-state index contributed by atoms with van der Waals surface area (Å²) >= 11 is 1.78. The third-order valence-electron chi connectivity index (χ3n) is 4.12. The van der Waals surface area contributed by atoms with Gasteiger partial charge in [0.2, 0.25) is 5.91 Å². The van der Waals surface area contributed by atoms with E-state index in [0.29, 0.717) is 23.5 Å². The Bertz CT molecular complexity index is 430. The Balaban J connectivity index is 2.64. The molecule has 0 aromatic carbocycles. The van der Waals surface area contributed by atoms with Gasteiger partial charge in [0.05, 0.1) is 6.61 Å². The average Bonchev–Trinajstić information content (AvgIpc) is 2.44. The van der Waals surface area contributed by atoms with Crippen LogP contribution in [0.5, 0.6) is 0 Å². The first-order chi connectivity index (χ1) is 10.3. The summed E-state index contributed by atoms with van der Waals surface area (Å²) in [7, 11) is 0. The number of nitrogens with one attached hydrogen (secondary N) is 1. The summed E-state index contributed by atoms with van der Waals surface area (Å²) in [6.45, 7) is 10.2. The quantitative estimate of drug-likeness (QED) is 0.601. The van der Waals surface area contributed by atoms with Gasteiger partial charge < -0.3 is 10.1 Å². The minimum atomic E-state index is -0.549. The number of allylic oxidation sites excluding steroid dienone is 2. The van der Waals surface area contributed by atoms with Crippen molar-refractivity contribution < 1.29 is 14.3 Å². The minimum Gasteiger partial charge on any atom is -0.464 e. The highest BCUT2D eigenvalue weighted by atomic mass is 32.2. The van der Waals surface area contributed by atoms with Crippen LogP contribution in [-0.4, -0.2) is 35.5 Å². The first-order valence-electron chi connectivity index (χ1n) is 8.05. The van der Waals surface area contributed by atoms with Gasteiger partial charge in [-0.25, -0.2) is 4.79 Å². The summed E-state index contributed by atoms with van der Waals surface area (Å²) in [6, 6.07) is -0.549. The van der Waals surface area contributed by atoms with Gasteiger partial charge in [0, 0.05) is 17.9 Å². The zero-order valence-corrected chi connectivity index (χ0v) is 15.2. The molecule has 1 fully saturated rings. The molecular formula is C17H29NO3S. The highest BCUT2D eigenvalue weighted by Gasteiger charge is 2.28. The Morgan fingerprint density at radius 3 is 2.59 bits per heavy atom. The number of rotatable bonds is 6. The third-order valence-corrected chi connectivity index (χ3v) is 5.70. The summed E-state index contributed by atoms with van der Waals surface area (Å²) in [4.78, 5) is 23.2. The monoisotopic (exact) mass is 327 g/mol. The molecule has 1 amide bonds. The van der Waals surface area contributed by atoms with E-state index >= 15 is 0 Å². The number of amides is 1. The van der Waals surface area contributed by atoms with Gasteiger partial charge in [-0.15, -0.1) is 0 Å². The van der Waals surface area contributed by atoms with E-state index in [9.17, 15) is 9.59 Å². The van der Waals surface area contributed by atoms with Crippen LogP contribution >= 0.6 is 11.8 Å². The molecule has 0 aromatic heterocycles. The van der Waals surface area contributed by atoms with Gasteiger partial charge >= 0.3 is 5.97 Å². The summed E-state index contributed by atoms with van der Waals surface area (Å²) < 4.78 is 5.05. The zero-order chi connectivity index (χ0) is 16.7. The second-order valence-corrected chi connectivity index (χ2v) is 7.47. The van der Waals surface area contributed by atoms with Crippen molar-refractivity contribution >= 4 is 23.6 Å². The van der Waals surface area contributed by atoms with Gasteiger partial charge in [-0.05, 0) is 46.0 Å². The molecule has 22 heavy (non-hydrogen) atoms. The Morgan fingerprint density at radius 2 is 2.05 bits per heavy atom. The van der Waals surface area contributed by atoms with Crippen LogP contribution in [0.4, 0.5) is 0 Å². The van der Waals surface area contributed by atoms with Crippen molar-refractivity contribution in [3.8, 4) is 0 Å². The second-order valence-electron chi connectivity index (χ2n) is 6.20. The molecular weight excluding hydrogens is 298 g/mol. The molecule has 0 bridgehead atoms. The molecule has 4 nitrogen and oxygen atoms in total. The molecule has 1 N–H and O–H groups in total.